The van der Waals surface area contributed by atoms with Gasteiger partial charge in [-0.3, -0.25) is 0 Å². The van der Waals surface area contributed by atoms with E-state index in [0.29, 0.717) is 22.9 Å². The minimum absolute atomic E-state index is 0.106. The number of rotatable bonds is 3. The maximum atomic E-state index is 12.2. The highest BCUT2D eigenvalue weighted by Gasteiger charge is 2.18. The van der Waals surface area contributed by atoms with Crippen LogP contribution in [-0.4, -0.2) is 12.8 Å². The Morgan fingerprint density at radius 3 is 2.83 bits per heavy atom. The highest BCUT2D eigenvalue weighted by molar-refractivity contribution is 6.30. The van der Waals surface area contributed by atoms with E-state index in [4.69, 9.17) is 25.8 Å². The molecule has 1 heterocycles. The first-order valence-corrected chi connectivity index (χ1v) is 7.68. The van der Waals surface area contributed by atoms with Gasteiger partial charge >= 0.3 is 5.97 Å². The van der Waals surface area contributed by atoms with Crippen LogP contribution in [0, 0.1) is 13.8 Å². The zero-order chi connectivity index (χ0) is 16.4. The SMILES string of the molecule is Cc1ccc(C(=O)OCc2cc(Cl)cc3c2OCOC3)cc1C. The van der Waals surface area contributed by atoms with Crippen molar-refractivity contribution >= 4 is 17.6 Å². The molecule has 0 amide bonds. The number of halogens is 1. The maximum Gasteiger partial charge on any atom is 0.338 e. The predicted octanol–water partition coefficient (Wildman–Crippen LogP) is 4.18. The summed E-state index contributed by atoms with van der Waals surface area (Å²) in [6.07, 6.45) is 0. The summed E-state index contributed by atoms with van der Waals surface area (Å²) in [5.74, 6) is 0.322. The Kier molecular flexibility index (Phi) is 4.55. The number of ether oxygens (including phenoxy) is 3. The molecule has 0 unspecified atom stereocenters. The van der Waals surface area contributed by atoms with Crippen molar-refractivity contribution in [3.8, 4) is 5.75 Å². The lowest BCUT2D eigenvalue weighted by Gasteiger charge is -2.21. The molecule has 0 aromatic heterocycles. The lowest BCUT2D eigenvalue weighted by Crippen LogP contribution is -2.14. The number of carbonyl (C=O) groups excluding carboxylic acids is 1. The first-order chi connectivity index (χ1) is 11.0. The summed E-state index contributed by atoms with van der Waals surface area (Å²) in [5, 5.41) is 0.565. The third-order valence-corrected chi connectivity index (χ3v) is 4.07. The molecule has 0 fully saturated rings. The quantitative estimate of drug-likeness (QED) is 0.791. The van der Waals surface area contributed by atoms with Gasteiger partial charge in [0.25, 0.3) is 0 Å². The normalized spacial score (nSPS) is 13.2. The maximum absolute atomic E-state index is 12.2. The highest BCUT2D eigenvalue weighted by atomic mass is 35.5. The number of hydrogen-bond donors (Lipinski definition) is 0. The number of aryl methyl sites for hydroxylation is 2. The number of carbonyl (C=O) groups is 1. The topological polar surface area (TPSA) is 44.8 Å². The molecule has 2 aromatic carbocycles. The molecule has 2 aromatic rings. The predicted molar refractivity (Wildman–Crippen MR) is 86.8 cm³/mol. The summed E-state index contributed by atoms with van der Waals surface area (Å²) in [4.78, 5) is 12.2. The number of fused-ring (bicyclic) bond motifs is 1. The van der Waals surface area contributed by atoms with Gasteiger partial charge in [-0.25, -0.2) is 4.79 Å². The number of hydrogen-bond acceptors (Lipinski definition) is 4. The third-order valence-electron chi connectivity index (χ3n) is 3.85. The lowest BCUT2D eigenvalue weighted by molar-refractivity contribution is -0.0180. The fraction of sp³-hybridized carbons (Fsp3) is 0.278. The molecule has 0 saturated carbocycles. The van der Waals surface area contributed by atoms with Crippen LogP contribution in [0.25, 0.3) is 0 Å². The van der Waals surface area contributed by atoms with Gasteiger partial charge in [-0.15, -0.1) is 0 Å². The Bertz CT molecular complexity index is 755. The van der Waals surface area contributed by atoms with Crippen LogP contribution in [0.3, 0.4) is 0 Å². The van der Waals surface area contributed by atoms with Crippen LogP contribution in [-0.2, 0) is 22.7 Å². The molecule has 0 aliphatic carbocycles. The summed E-state index contributed by atoms with van der Waals surface area (Å²) in [7, 11) is 0. The van der Waals surface area contributed by atoms with Crippen LogP contribution < -0.4 is 4.74 Å². The Morgan fingerprint density at radius 2 is 2.04 bits per heavy atom. The van der Waals surface area contributed by atoms with E-state index in [-0.39, 0.29) is 19.4 Å². The van der Waals surface area contributed by atoms with Crippen molar-refractivity contribution in [1.29, 1.82) is 0 Å². The summed E-state index contributed by atoms with van der Waals surface area (Å²) in [6, 6.07) is 9.05. The van der Waals surface area contributed by atoms with Crippen LogP contribution in [0.4, 0.5) is 0 Å². The molecule has 5 heteroatoms. The molecule has 0 bridgehead atoms. The number of benzene rings is 2. The summed E-state index contributed by atoms with van der Waals surface area (Å²) >= 11 is 6.10. The highest BCUT2D eigenvalue weighted by Crippen LogP contribution is 2.32. The summed E-state index contributed by atoms with van der Waals surface area (Å²) in [6.45, 7) is 4.70. The van der Waals surface area contributed by atoms with Gasteiger partial charge in [0.15, 0.2) is 6.79 Å². The van der Waals surface area contributed by atoms with Gasteiger partial charge in [-0.1, -0.05) is 17.7 Å². The van der Waals surface area contributed by atoms with Crippen molar-refractivity contribution in [2.75, 3.05) is 6.79 Å². The smallest absolute Gasteiger partial charge is 0.338 e. The first kappa shape index (κ1) is 15.8. The zero-order valence-electron chi connectivity index (χ0n) is 13.0. The molecule has 4 nitrogen and oxygen atoms in total. The van der Waals surface area contributed by atoms with Gasteiger partial charge in [0.2, 0.25) is 0 Å². The van der Waals surface area contributed by atoms with Gasteiger partial charge in [-0.05, 0) is 49.2 Å². The fourth-order valence-corrected chi connectivity index (χ4v) is 2.72. The van der Waals surface area contributed by atoms with E-state index < -0.39 is 0 Å². The van der Waals surface area contributed by atoms with Crippen molar-refractivity contribution in [2.45, 2.75) is 27.1 Å². The van der Waals surface area contributed by atoms with Crippen molar-refractivity contribution < 1.29 is 19.0 Å². The molecule has 1 aliphatic rings. The standard InChI is InChI=1S/C18H17ClO4/c1-11-3-4-13(5-12(11)2)18(20)22-9-15-7-16(19)6-14-8-21-10-23-17(14)15/h3-7H,8-10H2,1-2H3. The van der Waals surface area contributed by atoms with E-state index in [2.05, 4.69) is 0 Å². The molecule has 0 atom stereocenters. The second-order valence-electron chi connectivity index (χ2n) is 5.54. The second kappa shape index (κ2) is 6.60. The van der Waals surface area contributed by atoms with Crippen LogP contribution in [0.15, 0.2) is 30.3 Å². The summed E-state index contributed by atoms with van der Waals surface area (Å²) < 4.78 is 16.2. The molecular weight excluding hydrogens is 316 g/mol. The van der Waals surface area contributed by atoms with E-state index in [1.807, 2.05) is 26.0 Å². The largest absolute Gasteiger partial charge is 0.467 e. The molecule has 1 aliphatic heterocycles. The third kappa shape index (κ3) is 3.49. The van der Waals surface area contributed by atoms with Gasteiger partial charge in [0.05, 0.1) is 12.2 Å². The Balaban J connectivity index is 1.76. The van der Waals surface area contributed by atoms with Crippen LogP contribution in [0.1, 0.15) is 32.6 Å². The van der Waals surface area contributed by atoms with Crippen molar-refractivity contribution in [1.82, 2.24) is 0 Å². The molecule has 0 N–H and O–H groups in total. The molecule has 0 radical (unpaired) electrons. The number of esters is 1. The van der Waals surface area contributed by atoms with Gasteiger partial charge in [0.1, 0.15) is 12.4 Å². The molecule has 120 valence electrons. The minimum atomic E-state index is -0.367. The van der Waals surface area contributed by atoms with E-state index in [0.717, 1.165) is 22.3 Å². The molecule has 3 rings (SSSR count). The molecule has 0 saturated heterocycles. The van der Waals surface area contributed by atoms with E-state index in [9.17, 15) is 4.79 Å². The molecule has 23 heavy (non-hydrogen) atoms. The Labute approximate surface area is 139 Å². The van der Waals surface area contributed by atoms with Crippen LogP contribution in [0.5, 0.6) is 5.75 Å². The van der Waals surface area contributed by atoms with Gasteiger partial charge in [0, 0.05) is 16.1 Å². The second-order valence-corrected chi connectivity index (χ2v) is 5.98. The van der Waals surface area contributed by atoms with Crippen molar-refractivity contribution in [3.05, 3.63) is 63.2 Å². The lowest BCUT2D eigenvalue weighted by atomic mass is 10.1. The van der Waals surface area contributed by atoms with Crippen LogP contribution in [0.2, 0.25) is 5.02 Å². The first-order valence-electron chi connectivity index (χ1n) is 7.31. The monoisotopic (exact) mass is 332 g/mol. The van der Waals surface area contributed by atoms with Gasteiger partial charge < -0.3 is 14.2 Å². The molecule has 0 spiro atoms. The Morgan fingerprint density at radius 1 is 1.22 bits per heavy atom. The van der Waals surface area contributed by atoms with E-state index in [1.54, 1.807) is 18.2 Å². The zero-order valence-corrected chi connectivity index (χ0v) is 13.8. The summed E-state index contributed by atoms with van der Waals surface area (Å²) in [5.41, 5.74) is 4.33. The fourth-order valence-electron chi connectivity index (χ4n) is 2.46. The van der Waals surface area contributed by atoms with E-state index >= 15 is 0 Å². The van der Waals surface area contributed by atoms with Crippen molar-refractivity contribution in [2.24, 2.45) is 0 Å². The molecular formula is C18H17ClO4. The minimum Gasteiger partial charge on any atom is -0.467 e. The average molecular weight is 333 g/mol. The average Bonchev–Trinajstić information content (AvgIpc) is 2.54. The van der Waals surface area contributed by atoms with Crippen molar-refractivity contribution in [3.63, 3.8) is 0 Å². The Hall–Kier alpha value is -2.04. The van der Waals surface area contributed by atoms with Crippen LogP contribution >= 0.6 is 11.6 Å². The van der Waals surface area contributed by atoms with E-state index in [1.165, 1.54) is 0 Å². The van der Waals surface area contributed by atoms with Gasteiger partial charge in [-0.2, -0.15) is 0 Å².